The third-order valence-electron chi connectivity index (χ3n) is 11.4. The number of hydrogen-bond donors (Lipinski definition) is 1. The summed E-state index contributed by atoms with van der Waals surface area (Å²) in [6.45, 7) is 4.19. The molecule has 9 heteroatoms. The monoisotopic (exact) mass is 633 g/mol. The molecular weight excluding hydrogens is 598 g/mol. The molecule has 0 aliphatic heterocycles. The van der Waals surface area contributed by atoms with E-state index in [1.54, 1.807) is 12.1 Å². The molecule has 3 aromatic rings. The summed E-state index contributed by atoms with van der Waals surface area (Å²) in [7, 11) is 0. The van der Waals surface area contributed by atoms with Crippen molar-refractivity contribution in [2.24, 2.45) is 28.6 Å². The van der Waals surface area contributed by atoms with Crippen molar-refractivity contribution in [1.82, 2.24) is 4.98 Å². The number of carbonyl (C=O) groups is 3. The number of ketones is 2. The summed E-state index contributed by atoms with van der Waals surface area (Å²) < 4.78 is 22.9. The van der Waals surface area contributed by atoms with Crippen LogP contribution in [0.15, 0.2) is 64.5 Å². The summed E-state index contributed by atoms with van der Waals surface area (Å²) in [5.41, 5.74) is -0.846. The van der Waals surface area contributed by atoms with Crippen molar-refractivity contribution in [2.75, 3.05) is 5.75 Å². The van der Waals surface area contributed by atoms with Gasteiger partial charge >= 0.3 is 5.97 Å². The number of Topliss-reactive ketones (excluding diaryl/α,β-unsaturated/α-hetero) is 1. The lowest BCUT2D eigenvalue weighted by Gasteiger charge is -2.60. The van der Waals surface area contributed by atoms with E-state index in [0.29, 0.717) is 25.7 Å². The summed E-state index contributed by atoms with van der Waals surface area (Å²) in [5.74, 6) is -1.49. The molecule has 1 N–H and O–H groups in total. The number of rotatable bonds is 6. The van der Waals surface area contributed by atoms with Gasteiger partial charge in [0.25, 0.3) is 0 Å². The van der Waals surface area contributed by atoms with Gasteiger partial charge in [0.05, 0.1) is 27.6 Å². The molecule has 0 spiro atoms. The number of aliphatic hydroxyl groups excluding tert-OH is 1. The van der Waals surface area contributed by atoms with Crippen LogP contribution >= 0.6 is 23.1 Å². The average molecular weight is 634 g/mol. The van der Waals surface area contributed by atoms with Crippen LogP contribution in [0.3, 0.4) is 0 Å². The van der Waals surface area contributed by atoms with E-state index in [9.17, 15) is 23.9 Å². The van der Waals surface area contributed by atoms with Crippen LogP contribution < -0.4 is 0 Å². The van der Waals surface area contributed by atoms with Gasteiger partial charge in [0.2, 0.25) is 0 Å². The topological polar surface area (TPSA) is 93.6 Å². The molecule has 0 radical (unpaired) electrons. The highest BCUT2D eigenvalue weighted by Crippen LogP contribution is 2.68. The van der Waals surface area contributed by atoms with E-state index in [2.05, 4.69) is 11.9 Å². The van der Waals surface area contributed by atoms with Crippen LogP contribution in [0.2, 0.25) is 0 Å². The molecule has 44 heavy (non-hydrogen) atoms. The van der Waals surface area contributed by atoms with E-state index in [-0.39, 0.29) is 52.5 Å². The van der Waals surface area contributed by atoms with E-state index >= 15 is 0 Å². The highest BCUT2D eigenvalue weighted by molar-refractivity contribution is 8.01. The van der Waals surface area contributed by atoms with Crippen LogP contribution in [0.1, 0.15) is 69.2 Å². The molecule has 6 nitrogen and oxygen atoms in total. The van der Waals surface area contributed by atoms with Crippen molar-refractivity contribution in [3.63, 3.8) is 0 Å². The zero-order valence-corrected chi connectivity index (χ0v) is 26.5. The van der Waals surface area contributed by atoms with Crippen LogP contribution in [0.25, 0.3) is 10.2 Å². The Morgan fingerprint density at radius 3 is 2.66 bits per heavy atom. The number of para-hydroxylation sites is 1. The lowest BCUT2D eigenvalue weighted by Crippen LogP contribution is -2.63. The molecule has 0 bridgehead atoms. The lowest BCUT2D eigenvalue weighted by molar-refractivity contribution is -0.180. The number of nitrogens with zero attached hydrogens (tertiary/aromatic N) is 1. The third-order valence-corrected chi connectivity index (χ3v) is 13.6. The minimum Gasteiger partial charge on any atom is -0.447 e. The molecular formula is C35H36FNO5S2. The highest BCUT2D eigenvalue weighted by Gasteiger charge is 2.70. The summed E-state index contributed by atoms with van der Waals surface area (Å²) in [6.07, 6.45) is 5.12. The number of carbonyl (C=O) groups excluding carboxylic acids is 3. The maximum absolute atomic E-state index is 14.8. The van der Waals surface area contributed by atoms with Gasteiger partial charge in [-0.2, -0.15) is 0 Å². The molecule has 0 amide bonds. The summed E-state index contributed by atoms with van der Waals surface area (Å²) >= 11 is 2.85. The van der Waals surface area contributed by atoms with Crippen molar-refractivity contribution in [3.05, 3.63) is 71.6 Å². The Morgan fingerprint density at radius 2 is 1.86 bits per heavy atom. The van der Waals surface area contributed by atoms with Gasteiger partial charge in [-0.3, -0.25) is 9.59 Å². The van der Waals surface area contributed by atoms with Crippen LogP contribution in [-0.2, 0) is 14.3 Å². The van der Waals surface area contributed by atoms with Crippen LogP contribution in [0.4, 0.5) is 4.39 Å². The van der Waals surface area contributed by atoms with Crippen LogP contribution in [0.5, 0.6) is 0 Å². The summed E-state index contributed by atoms with van der Waals surface area (Å²) in [6, 6.07) is 13.5. The van der Waals surface area contributed by atoms with E-state index < -0.39 is 28.9 Å². The average Bonchev–Trinajstić information content (AvgIpc) is 3.54. The standard InChI is InChI=1S/C35H36FNO5S2/c1-33-15-13-21(38)17-20(33)11-12-22-24-14-16-35(34(24,2)18-27(39)30(22)33,42-31(41)23-7-3-4-8-25(23)36)29(40)19-43-32-37-26-9-5-6-10-28(26)44-32/h3-10,17,22,24,27,30,39H,11-16,18-19H2,1-2H3/t22?,24?,27?,30?,33?,34?,35-/m0/s1. The van der Waals surface area contributed by atoms with E-state index in [0.717, 1.165) is 33.0 Å². The number of esters is 1. The minimum absolute atomic E-state index is 0.0247. The Hall–Kier alpha value is -2.88. The maximum Gasteiger partial charge on any atom is 0.342 e. The zero-order chi connectivity index (χ0) is 30.9. The fourth-order valence-electron chi connectivity index (χ4n) is 9.35. The molecule has 7 rings (SSSR count). The lowest BCUT2D eigenvalue weighted by atomic mass is 9.45. The van der Waals surface area contributed by atoms with Gasteiger partial charge in [-0.15, -0.1) is 11.3 Å². The van der Waals surface area contributed by atoms with Crippen molar-refractivity contribution in [1.29, 1.82) is 0 Å². The molecule has 1 aromatic heterocycles. The molecule has 230 valence electrons. The molecule has 3 fully saturated rings. The molecule has 1 heterocycles. The third kappa shape index (κ3) is 4.52. The first-order valence-corrected chi connectivity index (χ1v) is 17.3. The Kier molecular flexibility index (Phi) is 7.37. The molecule has 2 aromatic carbocycles. The summed E-state index contributed by atoms with van der Waals surface area (Å²) in [5, 5.41) is 11.9. The number of ether oxygens (including phenoxy) is 1. The van der Waals surface area contributed by atoms with Crippen molar-refractivity contribution < 1.29 is 28.6 Å². The van der Waals surface area contributed by atoms with Crippen molar-refractivity contribution >= 4 is 50.9 Å². The minimum atomic E-state index is -1.52. The predicted molar refractivity (Wildman–Crippen MR) is 168 cm³/mol. The quantitative estimate of drug-likeness (QED) is 0.227. The Balaban J connectivity index is 1.24. The second-order valence-electron chi connectivity index (χ2n) is 13.5. The number of aliphatic hydroxyl groups is 1. The summed E-state index contributed by atoms with van der Waals surface area (Å²) in [4.78, 5) is 45.1. The number of hydrogen-bond acceptors (Lipinski definition) is 8. The Morgan fingerprint density at radius 1 is 1.09 bits per heavy atom. The fourth-order valence-corrected chi connectivity index (χ4v) is 11.4. The van der Waals surface area contributed by atoms with Gasteiger partial charge in [-0.25, -0.2) is 14.2 Å². The molecule has 4 aliphatic rings. The molecule has 0 saturated heterocycles. The molecule has 3 saturated carbocycles. The van der Waals surface area contributed by atoms with Crippen LogP contribution in [-0.4, -0.2) is 45.1 Å². The predicted octanol–water partition coefficient (Wildman–Crippen LogP) is 7.20. The number of benzene rings is 2. The van der Waals surface area contributed by atoms with Crippen molar-refractivity contribution in [2.45, 2.75) is 74.8 Å². The SMILES string of the molecule is CC12CCC(=O)C=C1CCC1C2C(O)CC2(C)C1CC[C@]2(OC(=O)c1ccccc1F)C(=O)CSc1nc2ccccc2s1. The number of fused-ring (bicyclic) bond motifs is 6. The van der Waals surface area contributed by atoms with Crippen LogP contribution in [0, 0.1) is 34.4 Å². The molecule has 6 unspecified atom stereocenters. The molecule has 4 aliphatic carbocycles. The Bertz CT molecular complexity index is 1670. The fraction of sp³-hybridized carbons (Fsp3) is 0.486. The second kappa shape index (κ2) is 10.9. The van der Waals surface area contributed by atoms with E-state index in [4.69, 9.17) is 4.74 Å². The van der Waals surface area contributed by atoms with Gasteiger partial charge in [0.1, 0.15) is 5.82 Å². The number of thiazole rings is 1. The normalized spacial score (nSPS) is 34.5. The Labute approximate surface area is 264 Å². The first kappa shape index (κ1) is 29.8. The van der Waals surface area contributed by atoms with E-state index in [1.165, 1.54) is 41.3 Å². The second-order valence-corrected chi connectivity index (χ2v) is 15.7. The van der Waals surface area contributed by atoms with Gasteiger partial charge in [0, 0.05) is 11.8 Å². The van der Waals surface area contributed by atoms with Gasteiger partial charge < -0.3 is 9.84 Å². The number of thioether (sulfide) groups is 1. The van der Waals surface area contributed by atoms with Gasteiger partial charge in [-0.05, 0) is 92.0 Å². The first-order valence-electron chi connectivity index (χ1n) is 15.5. The van der Waals surface area contributed by atoms with Gasteiger partial charge in [-0.1, -0.05) is 55.4 Å². The number of allylic oxidation sites excluding steroid dienone is 1. The number of aromatic nitrogens is 1. The number of halogens is 1. The van der Waals surface area contributed by atoms with E-state index in [1.807, 2.05) is 31.2 Å². The largest absolute Gasteiger partial charge is 0.447 e. The van der Waals surface area contributed by atoms with Gasteiger partial charge in [0.15, 0.2) is 21.5 Å². The highest BCUT2D eigenvalue weighted by atomic mass is 32.2. The van der Waals surface area contributed by atoms with Crippen molar-refractivity contribution in [3.8, 4) is 0 Å². The smallest absolute Gasteiger partial charge is 0.342 e. The zero-order valence-electron chi connectivity index (χ0n) is 24.9. The maximum atomic E-state index is 14.8. The first-order chi connectivity index (χ1) is 21.1. The molecule has 7 atom stereocenters.